The molecule has 0 spiro atoms. The molecule has 0 aliphatic heterocycles. The lowest BCUT2D eigenvalue weighted by Crippen LogP contribution is -2.03. The average molecular weight is 295 g/mol. The topological polar surface area (TPSA) is 24.9 Å². The summed E-state index contributed by atoms with van der Waals surface area (Å²) in [6.45, 7) is 2.57. The predicted molar refractivity (Wildman–Crippen MR) is 70.4 cm³/mol. The fourth-order valence-electron chi connectivity index (χ4n) is 1.51. The van der Waals surface area contributed by atoms with Crippen molar-refractivity contribution in [3.05, 3.63) is 58.1 Å². The van der Waals surface area contributed by atoms with E-state index in [2.05, 4.69) is 26.2 Å². The van der Waals surface area contributed by atoms with Gasteiger partial charge in [-0.2, -0.15) is 0 Å². The molecular weight excluding hydrogens is 283 g/mol. The van der Waals surface area contributed by atoms with E-state index in [-0.39, 0.29) is 5.82 Å². The Morgan fingerprint density at radius 3 is 2.94 bits per heavy atom. The molecule has 0 aliphatic carbocycles. The van der Waals surface area contributed by atoms with Gasteiger partial charge in [-0.15, -0.1) is 0 Å². The molecule has 1 aromatic heterocycles. The van der Waals surface area contributed by atoms with Gasteiger partial charge < -0.3 is 5.32 Å². The summed E-state index contributed by atoms with van der Waals surface area (Å²) in [4.78, 5) is 4.05. The maximum atomic E-state index is 13.5. The highest BCUT2D eigenvalue weighted by atomic mass is 79.9. The molecule has 2 nitrogen and oxygen atoms in total. The summed E-state index contributed by atoms with van der Waals surface area (Å²) >= 11 is 3.32. The van der Waals surface area contributed by atoms with E-state index >= 15 is 0 Å². The predicted octanol–water partition coefficient (Wildman–Crippen LogP) is 3.90. The van der Waals surface area contributed by atoms with Crippen LogP contribution in [-0.4, -0.2) is 4.98 Å². The van der Waals surface area contributed by atoms with Gasteiger partial charge >= 0.3 is 0 Å². The number of rotatable bonds is 3. The standard InChI is InChI=1S/C13H12BrFN2/c1-9-4-5-16-7-10(9)8-17-13-6-11(14)2-3-12(13)15/h2-7,17H,8H2,1H3. The Morgan fingerprint density at radius 1 is 1.35 bits per heavy atom. The summed E-state index contributed by atoms with van der Waals surface area (Å²) in [7, 11) is 0. The van der Waals surface area contributed by atoms with Crippen molar-refractivity contribution in [1.29, 1.82) is 0 Å². The Labute approximate surface area is 108 Å². The molecule has 0 fully saturated rings. The van der Waals surface area contributed by atoms with Crippen molar-refractivity contribution >= 4 is 21.6 Å². The number of nitrogens with one attached hydrogen (secondary N) is 1. The van der Waals surface area contributed by atoms with Gasteiger partial charge in [-0.05, 0) is 42.3 Å². The van der Waals surface area contributed by atoms with Gasteiger partial charge in [0.15, 0.2) is 0 Å². The average Bonchev–Trinajstić information content (AvgIpc) is 2.32. The van der Waals surface area contributed by atoms with Gasteiger partial charge in [-0.3, -0.25) is 4.98 Å². The zero-order valence-corrected chi connectivity index (χ0v) is 11.0. The van der Waals surface area contributed by atoms with Crippen molar-refractivity contribution in [2.45, 2.75) is 13.5 Å². The molecule has 0 atom stereocenters. The van der Waals surface area contributed by atoms with E-state index in [1.165, 1.54) is 6.07 Å². The first-order valence-electron chi connectivity index (χ1n) is 5.25. The Morgan fingerprint density at radius 2 is 2.18 bits per heavy atom. The first-order valence-corrected chi connectivity index (χ1v) is 6.04. The van der Waals surface area contributed by atoms with Crippen LogP contribution >= 0.6 is 15.9 Å². The number of aromatic nitrogens is 1. The molecule has 0 saturated heterocycles. The number of hydrogen-bond acceptors (Lipinski definition) is 2. The fraction of sp³-hybridized carbons (Fsp3) is 0.154. The van der Waals surface area contributed by atoms with E-state index in [4.69, 9.17) is 0 Å². The molecule has 1 N–H and O–H groups in total. The molecule has 4 heteroatoms. The van der Waals surface area contributed by atoms with E-state index in [1.54, 1.807) is 24.5 Å². The minimum atomic E-state index is -0.255. The van der Waals surface area contributed by atoms with Crippen molar-refractivity contribution < 1.29 is 4.39 Å². The highest BCUT2D eigenvalue weighted by Crippen LogP contribution is 2.20. The minimum Gasteiger partial charge on any atom is -0.378 e. The molecule has 88 valence electrons. The Hall–Kier alpha value is -1.42. The van der Waals surface area contributed by atoms with Crippen LogP contribution in [0.2, 0.25) is 0 Å². The second-order valence-corrected chi connectivity index (χ2v) is 4.70. The van der Waals surface area contributed by atoms with E-state index in [9.17, 15) is 4.39 Å². The molecule has 1 heterocycles. The van der Waals surface area contributed by atoms with Crippen LogP contribution in [0.4, 0.5) is 10.1 Å². The Bertz CT molecular complexity index is 529. The number of halogens is 2. The van der Waals surface area contributed by atoms with Gasteiger partial charge in [-0.1, -0.05) is 15.9 Å². The molecule has 1 aromatic carbocycles. The number of anilines is 1. The molecule has 0 unspecified atom stereocenters. The first kappa shape index (κ1) is 12.0. The van der Waals surface area contributed by atoms with Crippen LogP contribution < -0.4 is 5.32 Å². The highest BCUT2D eigenvalue weighted by Gasteiger charge is 2.03. The molecule has 0 aliphatic rings. The van der Waals surface area contributed by atoms with Crippen LogP contribution in [0.5, 0.6) is 0 Å². The van der Waals surface area contributed by atoms with Crippen LogP contribution in [0.25, 0.3) is 0 Å². The van der Waals surface area contributed by atoms with E-state index < -0.39 is 0 Å². The third kappa shape index (κ3) is 3.03. The lowest BCUT2D eigenvalue weighted by Gasteiger charge is -2.09. The van der Waals surface area contributed by atoms with Crippen molar-refractivity contribution in [3.63, 3.8) is 0 Å². The third-order valence-electron chi connectivity index (χ3n) is 2.55. The van der Waals surface area contributed by atoms with Gasteiger partial charge in [0.25, 0.3) is 0 Å². The maximum Gasteiger partial charge on any atom is 0.146 e. The largest absolute Gasteiger partial charge is 0.378 e. The lowest BCUT2D eigenvalue weighted by molar-refractivity contribution is 0.630. The van der Waals surface area contributed by atoms with E-state index in [0.717, 1.165) is 15.6 Å². The lowest BCUT2D eigenvalue weighted by atomic mass is 10.1. The van der Waals surface area contributed by atoms with Gasteiger partial charge in [0.1, 0.15) is 5.82 Å². The van der Waals surface area contributed by atoms with Crippen molar-refractivity contribution in [3.8, 4) is 0 Å². The second kappa shape index (κ2) is 5.27. The maximum absolute atomic E-state index is 13.5. The van der Waals surface area contributed by atoms with E-state index in [1.807, 2.05) is 13.0 Å². The van der Waals surface area contributed by atoms with Crippen LogP contribution in [0.3, 0.4) is 0 Å². The second-order valence-electron chi connectivity index (χ2n) is 3.78. The van der Waals surface area contributed by atoms with Crippen molar-refractivity contribution in [2.24, 2.45) is 0 Å². The SMILES string of the molecule is Cc1ccncc1CNc1cc(Br)ccc1F. The summed E-state index contributed by atoms with van der Waals surface area (Å²) in [5.74, 6) is -0.255. The first-order chi connectivity index (χ1) is 8.16. The molecule has 0 bridgehead atoms. The Kier molecular flexibility index (Phi) is 3.74. The van der Waals surface area contributed by atoms with Gasteiger partial charge in [0, 0.05) is 23.4 Å². The molecule has 17 heavy (non-hydrogen) atoms. The summed E-state index contributed by atoms with van der Waals surface area (Å²) in [5, 5.41) is 3.07. The van der Waals surface area contributed by atoms with Crippen LogP contribution in [0.1, 0.15) is 11.1 Å². The monoisotopic (exact) mass is 294 g/mol. The normalized spacial score (nSPS) is 10.3. The van der Waals surface area contributed by atoms with Gasteiger partial charge in [0.2, 0.25) is 0 Å². The van der Waals surface area contributed by atoms with Crippen LogP contribution in [-0.2, 0) is 6.54 Å². The Balaban J connectivity index is 2.12. The van der Waals surface area contributed by atoms with Gasteiger partial charge in [0.05, 0.1) is 5.69 Å². The quantitative estimate of drug-likeness (QED) is 0.928. The zero-order valence-electron chi connectivity index (χ0n) is 9.37. The smallest absolute Gasteiger partial charge is 0.146 e. The number of hydrogen-bond donors (Lipinski definition) is 1. The number of aryl methyl sites for hydroxylation is 1. The fourth-order valence-corrected chi connectivity index (χ4v) is 1.87. The van der Waals surface area contributed by atoms with Crippen molar-refractivity contribution in [2.75, 3.05) is 5.32 Å². The third-order valence-corrected chi connectivity index (χ3v) is 3.04. The number of nitrogens with zero attached hydrogens (tertiary/aromatic N) is 1. The highest BCUT2D eigenvalue weighted by molar-refractivity contribution is 9.10. The number of benzene rings is 1. The molecular formula is C13H12BrFN2. The molecule has 0 amide bonds. The summed E-state index contributed by atoms with van der Waals surface area (Å²) in [5.41, 5.74) is 2.69. The summed E-state index contributed by atoms with van der Waals surface area (Å²) < 4.78 is 14.3. The molecule has 0 radical (unpaired) electrons. The zero-order chi connectivity index (χ0) is 12.3. The molecule has 0 saturated carbocycles. The van der Waals surface area contributed by atoms with Crippen LogP contribution in [0.15, 0.2) is 41.1 Å². The van der Waals surface area contributed by atoms with E-state index in [0.29, 0.717) is 12.2 Å². The minimum absolute atomic E-state index is 0.255. The molecule has 2 rings (SSSR count). The van der Waals surface area contributed by atoms with Crippen LogP contribution in [0, 0.1) is 12.7 Å². The van der Waals surface area contributed by atoms with Gasteiger partial charge in [-0.25, -0.2) is 4.39 Å². The van der Waals surface area contributed by atoms with Crippen molar-refractivity contribution in [1.82, 2.24) is 4.98 Å². The summed E-state index contributed by atoms with van der Waals surface area (Å²) in [6.07, 6.45) is 3.54. The summed E-state index contributed by atoms with van der Waals surface area (Å²) in [6, 6.07) is 6.77. The number of pyridine rings is 1. The molecule has 2 aromatic rings.